The smallest absolute Gasteiger partial charge is 0.342 e. The van der Waals surface area contributed by atoms with Crippen molar-refractivity contribution in [3.8, 4) is 5.75 Å². The summed E-state index contributed by atoms with van der Waals surface area (Å²) in [5.74, 6) is -0.378. The number of carbonyl (C=O) groups is 2. The predicted molar refractivity (Wildman–Crippen MR) is 113 cm³/mol. The van der Waals surface area contributed by atoms with Crippen molar-refractivity contribution in [2.75, 3.05) is 20.3 Å². The van der Waals surface area contributed by atoms with Gasteiger partial charge in [-0.15, -0.1) is 11.3 Å². The van der Waals surface area contributed by atoms with E-state index >= 15 is 0 Å². The van der Waals surface area contributed by atoms with Crippen LogP contribution in [0.1, 0.15) is 20.8 Å². The van der Waals surface area contributed by atoms with Crippen molar-refractivity contribution in [3.63, 3.8) is 0 Å². The van der Waals surface area contributed by atoms with Gasteiger partial charge in [0, 0.05) is 11.4 Å². The average molecular weight is 410 g/mol. The summed E-state index contributed by atoms with van der Waals surface area (Å²) in [4.78, 5) is 28.0. The van der Waals surface area contributed by atoms with Crippen LogP contribution in [0.15, 0.2) is 72.1 Å². The minimum Gasteiger partial charge on any atom is -0.496 e. The van der Waals surface area contributed by atoms with E-state index in [0.717, 1.165) is 16.9 Å². The molecule has 29 heavy (non-hydrogen) atoms. The summed E-state index contributed by atoms with van der Waals surface area (Å²) in [6.07, 6.45) is 0.735. The molecule has 0 unspecified atom stereocenters. The Morgan fingerprint density at radius 3 is 2.45 bits per heavy atom. The highest BCUT2D eigenvalue weighted by Gasteiger charge is 2.19. The summed E-state index contributed by atoms with van der Waals surface area (Å²) >= 11 is 1.60. The zero-order valence-corrected chi connectivity index (χ0v) is 17.1. The molecule has 1 heterocycles. The highest BCUT2D eigenvalue weighted by Crippen LogP contribution is 2.18. The number of para-hydroxylation sites is 1. The van der Waals surface area contributed by atoms with Gasteiger partial charge in [-0.1, -0.05) is 48.5 Å². The Balaban J connectivity index is 1.63. The number of hydrogen-bond donors (Lipinski definition) is 0. The first kappa shape index (κ1) is 20.6. The van der Waals surface area contributed by atoms with Crippen LogP contribution in [0.25, 0.3) is 0 Å². The Hall–Kier alpha value is -3.12. The second kappa shape index (κ2) is 10.4. The normalized spacial score (nSPS) is 10.4. The molecule has 0 saturated carbocycles. The molecule has 2 aromatic carbocycles. The summed E-state index contributed by atoms with van der Waals surface area (Å²) < 4.78 is 10.5. The zero-order chi connectivity index (χ0) is 20.5. The minimum absolute atomic E-state index is 0.224. The third kappa shape index (κ3) is 5.93. The van der Waals surface area contributed by atoms with Gasteiger partial charge in [0.25, 0.3) is 5.91 Å². The van der Waals surface area contributed by atoms with Gasteiger partial charge in [-0.3, -0.25) is 4.79 Å². The van der Waals surface area contributed by atoms with Crippen molar-refractivity contribution in [2.45, 2.75) is 13.0 Å². The van der Waals surface area contributed by atoms with Gasteiger partial charge >= 0.3 is 5.97 Å². The van der Waals surface area contributed by atoms with Gasteiger partial charge in [0.2, 0.25) is 0 Å². The van der Waals surface area contributed by atoms with Crippen LogP contribution in [0.4, 0.5) is 0 Å². The monoisotopic (exact) mass is 409 g/mol. The number of thiophene rings is 1. The van der Waals surface area contributed by atoms with Crippen LogP contribution in [0, 0.1) is 0 Å². The molecule has 3 aromatic rings. The molecule has 0 radical (unpaired) electrons. The maximum atomic E-state index is 12.8. The van der Waals surface area contributed by atoms with E-state index in [1.54, 1.807) is 40.5 Å². The standard InChI is InChI=1S/C23H23NO4S/c1-27-21-12-6-5-11-20(21)23(26)28-17-22(25)24(16-19-10-7-15-29-19)14-13-18-8-3-2-4-9-18/h2-12,15H,13-14,16-17H2,1H3. The molecule has 0 atom stereocenters. The van der Waals surface area contributed by atoms with Crippen LogP contribution >= 0.6 is 11.3 Å². The first-order valence-electron chi connectivity index (χ1n) is 9.31. The summed E-state index contributed by atoms with van der Waals surface area (Å²) in [7, 11) is 1.49. The Kier molecular flexibility index (Phi) is 7.41. The largest absolute Gasteiger partial charge is 0.496 e. The number of rotatable bonds is 9. The van der Waals surface area contributed by atoms with Gasteiger partial charge in [0.05, 0.1) is 13.7 Å². The molecule has 0 saturated heterocycles. The van der Waals surface area contributed by atoms with Crippen LogP contribution in [0.2, 0.25) is 0 Å². The van der Waals surface area contributed by atoms with Crippen molar-refractivity contribution in [3.05, 3.63) is 88.1 Å². The average Bonchev–Trinajstić information content (AvgIpc) is 3.28. The number of methoxy groups -OCH3 is 1. The van der Waals surface area contributed by atoms with Crippen LogP contribution in [-0.2, 0) is 22.5 Å². The van der Waals surface area contributed by atoms with E-state index in [2.05, 4.69) is 0 Å². The second-order valence-corrected chi connectivity index (χ2v) is 7.44. The van der Waals surface area contributed by atoms with Crippen molar-refractivity contribution >= 4 is 23.2 Å². The predicted octanol–water partition coefficient (Wildman–Crippen LogP) is 4.19. The molecule has 1 aromatic heterocycles. The van der Waals surface area contributed by atoms with E-state index in [0.29, 0.717) is 24.4 Å². The third-order valence-electron chi connectivity index (χ3n) is 4.45. The molecule has 0 aliphatic carbocycles. The number of esters is 1. The van der Waals surface area contributed by atoms with Crippen LogP contribution in [-0.4, -0.2) is 37.0 Å². The topological polar surface area (TPSA) is 55.8 Å². The Bertz CT molecular complexity index is 925. The van der Waals surface area contributed by atoms with Crippen LogP contribution < -0.4 is 4.74 Å². The Morgan fingerprint density at radius 1 is 0.966 bits per heavy atom. The molecule has 150 valence electrons. The van der Waals surface area contributed by atoms with Crippen molar-refractivity contribution in [1.82, 2.24) is 4.90 Å². The maximum absolute atomic E-state index is 12.8. The van der Waals surface area contributed by atoms with Gasteiger partial charge in [-0.05, 0) is 35.6 Å². The lowest BCUT2D eigenvalue weighted by Crippen LogP contribution is -2.35. The molecule has 0 aliphatic heterocycles. The lowest BCUT2D eigenvalue weighted by atomic mass is 10.1. The fraction of sp³-hybridized carbons (Fsp3) is 0.217. The molecule has 1 amide bonds. The number of ether oxygens (including phenoxy) is 2. The van der Waals surface area contributed by atoms with Crippen molar-refractivity contribution in [1.29, 1.82) is 0 Å². The fourth-order valence-electron chi connectivity index (χ4n) is 2.90. The molecule has 3 rings (SSSR count). The maximum Gasteiger partial charge on any atom is 0.342 e. The lowest BCUT2D eigenvalue weighted by molar-refractivity contribution is -0.135. The van der Waals surface area contributed by atoms with Crippen molar-refractivity contribution in [2.24, 2.45) is 0 Å². The quantitative estimate of drug-likeness (QED) is 0.498. The van der Waals surface area contributed by atoms with Gasteiger partial charge in [-0.2, -0.15) is 0 Å². The molecule has 5 nitrogen and oxygen atoms in total. The lowest BCUT2D eigenvalue weighted by Gasteiger charge is -2.22. The van der Waals surface area contributed by atoms with E-state index < -0.39 is 5.97 Å². The molecule has 6 heteroatoms. The first-order valence-corrected chi connectivity index (χ1v) is 10.2. The van der Waals surface area contributed by atoms with Crippen LogP contribution in [0.3, 0.4) is 0 Å². The van der Waals surface area contributed by atoms with Gasteiger partial charge in [0.1, 0.15) is 11.3 Å². The molecular weight excluding hydrogens is 386 g/mol. The highest BCUT2D eigenvalue weighted by atomic mass is 32.1. The van der Waals surface area contributed by atoms with E-state index in [9.17, 15) is 9.59 Å². The molecular formula is C23H23NO4S. The van der Waals surface area contributed by atoms with E-state index in [4.69, 9.17) is 9.47 Å². The number of carbonyl (C=O) groups excluding carboxylic acids is 2. The molecule has 0 aliphatic rings. The zero-order valence-electron chi connectivity index (χ0n) is 16.2. The molecule has 0 N–H and O–H groups in total. The SMILES string of the molecule is COc1ccccc1C(=O)OCC(=O)N(CCc1ccccc1)Cc1cccs1. The highest BCUT2D eigenvalue weighted by molar-refractivity contribution is 7.09. The Labute approximate surface area is 174 Å². The third-order valence-corrected chi connectivity index (χ3v) is 5.31. The molecule has 0 fully saturated rings. The van der Waals surface area contributed by atoms with Gasteiger partial charge < -0.3 is 14.4 Å². The van der Waals surface area contributed by atoms with Crippen LogP contribution in [0.5, 0.6) is 5.75 Å². The fourth-order valence-corrected chi connectivity index (χ4v) is 3.62. The molecule has 0 bridgehead atoms. The summed E-state index contributed by atoms with van der Waals surface area (Å²) in [6, 6.07) is 20.8. The van der Waals surface area contributed by atoms with E-state index in [1.165, 1.54) is 7.11 Å². The minimum atomic E-state index is -0.574. The molecule has 0 spiro atoms. The van der Waals surface area contributed by atoms with Gasteiger partial charge in [-0.25, -0.2) is 4.79 Å². The number of amides is 1. The number of hydrogen-bond acceptors (Lipinski definition) is 5. The van der Waals surface area contributed by atoms with E-state index in [-0.39, 0.29) is 12.5 Å². The summed E-state index contributed by atoms with van der Waals surface area (Å²) in [5.41, 5.74) is 1.46. The number of nitrogens with zero attached hydrogens (tertiary/aromatic N) is 1. The second-order valence-electron chi connectivity index (χ2n) is 6.41. The first-order chi connectivity index (χ1) is 14.2. The number of benzene rings is 2. The Morgan fingerprint density at radius 2 is 1.72 bits per heavy atom. The summed E-state index contributed by atoms with van der Waals surface area (Å²) in [5, 5.41) is 1.98. The summed E-state index contributed by atoms with van der Waals surface area (Å²) in [6.45, 7) is 0.736. The van der Waals surface area contributed by atoms with Crippen molar-refractivity contribution < 1.29 is 19.1 Å². The van der Waals surface area contributed by atoms with Gasteiger partial charge in [0.15, 0.2) is 6.61 Å². The van der Waals surface area contributed by atoms with E-state index in [1.807, 2.05) is 47.8 Å².